The molecule has 0 unspecified atom stereocenters. The summed E-state index contributed by atoms with van der Waals surface area (Å²) in [7, 11) is 0. The maximum absolute atomic E-state index is 12.2. The lowest BCUT2D eigenvalue weighted by molar-refractivity contribution is -0.0497. The minimum atomic E-state index is -2.93. The van der Waals surface area contributed by atoms with Crippen molar-refractivity contribution in [2.75, 3.05) is 5.32 Å². The first-order valence-electron chi connectivity index (χ1n) is 7.36. The van der Waals surface area contributed by atoms with Crippen LogP contribution in [0.15, 0.2) is 54.9 Å². The number of hydrogen-bond acceptors (Lipinski definition) is 4. The molecule has 0 aliphatic carbocycles. The second-order valence-electron chi connectivity index (χ2n) is 5.21. The number of aryl methyl sites for hydroxylation is 1. The molecular formula is C17H14F2N4O2. The largest absolute Gasteiger partial charge is 0.435 e. The highest BCUT2D eigenvalue weighted by atomic mass is 19.3. The minimum Gasteiger partial charge on any atom is -0.435 e. The molecule has 0 aliphatic heterocycles. The van der Waals surface area contributed by atoms with Crippen LogP contribution < -0.4 is 10.1 Å². The number of alkyl halides is 2. The fraction of sp³-hybridized carbons (Fsp3) is 0.118. The van der Waals surface area contributed by atoms with Gasteiger partial charge in [0, 0.05) is 11.8 Å². The highest BCUT2D eigenvalue weighted by molar-refractivity contribution is 6.01. The van der Waals surface area contributed by atoms with E-state index < -0.39 is 12.5 Å². The molecule has 1 heterocycles. The Kier molecular flexibility index (Phi) is 4.69. The Hall–Kier alpha value is -3.29. The number of amides is 1. The van der Waals surface area contributed by atoms with Crippen molar-refractivity contribution in [1.82, 2.24) is 14.8 Å². The molecular weight excluding hydrogens is 330 g/mol. The Morgan fingerprint density at radius 1 is 1.20 bits per heavy atom. The monoisotopic (exact) mass is 344 g/mol. The van der Waals surface area contributed by atoms with Gasteiger partial charge in [-0.05, 0) is 31.2 Å². The van der Waals surface area contributed by atoms with Crippen LogP contribution >= 0.6 is 0 Å². The number of carbonyl (C=O) groups excluding carboxylic acids is 1. The summed E-state index contributed by atoms with van der Waals surface area (Å²) >= 11 is 0. The highest BCUT2D eigenvalue weighted by Gasteiger charge is 2.13. The molecule has 3 aromatic rings. The van der Waals surface area contributed by atoms with Crippen molar-refractivity contribution >= 4 is 11.6 Å². The topological polar surface area (TPSA) is 69.0 Å². The molecule has 0 atom stereocenters. The lowest BCUT2D eigenvalue weighted by Crippen LogP contribution is -2.14. The number of nitrogens with zero attached hydrogens (tertiary/aromatic N) is 3. The van der Waals surface area contributed by atoms with Crippen molar-refractivity contribution in [2.45, 2.75) is 13.5 Å². The number of hydrogen-bond donors (Lipinski definition) is 1. The van der Waals surface area contributed by atoms with E-state index in [-0.39, 0.29) is 11.6 Å². The van der Waals surface area contributed by atoms with Crippen LogP contribution in [-0.2, 0) is 0 Å². The van der Waals surface area contributed by atoms with E-state index in [4.69, 9.17) is 0 Å². The van der Waals surface area contributed by atoms with Gasteiger partial charge in [-0.2, -0.15) is 8.78 Å². The summed E-state index contributed by atoms with van der Waals surface area (Å²) in [6, 6.07) is 13.3. The zero-order valence-electron chi connectivity index (χ0n) is 13.2. The van der Waals surface area contributed by atoms with Gasteiger partial charge in [-0.3, -0.25) is 4.79 Å². The van der Waals surface area contributed by atoms with Gasteiger partial charge in [0.1, 0.15) is 12.1 Å². The van der Waals surface area contributed by atoms with E-state index in [0.717, 1.165) is 11.3 Å². The first-order valence-corrected chi connectivity index (χ1v) is 7.36. The quantitative estimate of drug-likeness (QED) is 0.770. The van der Waals surface area contributed by atoms with Crippen LogP contribution in [0.5, 0.6) is 5.75 Å². The number of nitrogens with one attached hydrogen (secondary N) is 1. The lowest BCUT2D eigenvalue weighted by atomic mass is 10.2. The molecule has 0 radical (unpaired) electrons. The van der Waals surface area contributed by atoms with Crippen LogP contribution in [0, 0.1) is 6.92 Å². The van der Waals surface area contributed by atoms with Crippen molar-refractivity contribution in [3.8, 4) is 11.4 Å². The summed E-state index contributed by atoms with van der Waals surface area (Å²) in [6.45, 7) is -0.964. The van der Waals surface area contributed by atoms with Crippen molar-refractivity contribution in [2.24, 2.45) is 0 Å². The predicted octanol–water partition coefficient (Wildman–Crippen LogP) is 3.43. The molecule has 1 amide bonds. The molecule has 0 aliphatic rings. The van der Waals surface area contributed by atoms with Crippen molar-refractivity contribution < 1.29 is 18.3 Å². The smallest absolute Gasteiger partial charge is 0.387 e. The summed E-state index contributed by atoms with van der Waals surface area (Å²) in [5, 5.41) is 6.66. The third kappa shape index (κ3) is 4.17. The number of benzene rings is 2. The third-order valence-electron chi connectivity index (χ3n) is 3.31. The second-order valence-corrected chi connectivity index (χ2v) is 5.21. The van der Waals surface area contributed by atoms with E-state index >= 15 is 0 Å². The van der Waals surface area contributed by atoms with Gasteiger partial charge in [0.05, 0.1) is 5.69 Å². The molecule has 1 aromatic heterocycles. The molecule has 128 valence electrons. The van der Waals surface area contributed by atoms with Gasteiger partial charge >= 0.3 is 6.61 Å². The van der Waals surface area contributed by atoms with Crippen LogP contribution in [-0.4, -0.2) is 27.3 Å². The van der Waals surface area contributed by atoms with Crippen LogP contribution in [0.3, 0.4) is 0 Å². The summed E-state index contributed by atoms with van der Waals surface area (Å²) in [4.78, 5) is 16.2. The van der Waals surface area contributed by atoms with Gasteiger partial charge in [-0.15, -0.1) is 5.10 Å². The molecule has 0 spiro atoms. The van der Waals surface area contributed by atoms with Crippen LogP contribution in [0.1, 0.15) is 16.2 Å². The molecule has 25 heavy (non-hydrogen) atoms. The summed E-state index contributed by atoms with van der Waals surface area (Å²) in [6.07, 6.45) is 1.43. The summed E-state index contributed by atoms with van der Waals surface area (Å²) in [5.41, 5.74) is 2.17. The first-order chi connectivity index (χ1) is 12.0. The zero-order valence-corrected chi connectivity index (χ0v) is 13.2. The van der Waals surface area contributed by atoms with Gasteiger partial charge in [0.2, 0.25) is 5.82 Å². The number of rotatable bonds is 5. The number of ether oxygens (including phenoxy) is 1. The predicted molar refractivity (Wildman–Crippen MR) is 87.1 cm³/mol. The molecule has 6 nitrogen and oxygen atoms in total. The minimum absolute atomic E-state index is 0.0410. The normalized spacial score (nSPS) is 10.7. The molecule has 0 saturated carbocycles. The van der Waals surface area contributed by atoms with Gasteiger partial charge < -0.3 is 10.1 Å². The van der Waals surface area contributed by atoms with E-state index in [2.05, 4.69) is 20.1 Å². The molecule has 0 saturated heterocycles. The molecule has 0 bridgehead atoms. The van der Waals surface area contributed by atoms with Crippen LogP contribution in [0.2, 0.25) is 0 Å². The Labute approximate surface area is 142 Å². The lowest BCUT2D eigenvalue weighted by Gasteiger charge is -2.07. The Bertz CT molecular complexity index is 878. The Morgan fingerprint density at radius 2 is 1.96 bits per heavy atom. The number of aromatic nitrogens is 3. The molecule has 3 rings (SSSR count). The third-order valence-corrected chi connectivity index (χ3v) is 3.31. The van der Waals surface area contributed by atoms with E-state index in [1.807, 2.05) is 31.2 Å². The maximum atomic E-state index is 12.2. The highest BCUT2D eigenvalue weighted by Crippen LogP contribution is 2.19. The van der Waals surface area contributed by atoms with Gasteiger partial charge in [-0.1, -0.05) is 23.8 Å². The van der Waals surface area contributed by atoms with Crippen LogP contribution in [0.4, 0.5) is 14.5 Å². The summed E-state index contributed by atoms with van der Waals surface area (Å²) in [5.74, 6) is -0.647. The second kappa shape index (κ2) is 7.08. The standard InChI is InChI=1S/C17H14F2N4O2/c1-11-5-7-13(8-6-11)23-10-20-15(22-23)16(24)21-12-3-2-4-14(9-12)25-17(18)19/h2-10,17H,1H3,(H,21,24). The molecule has 2 aromatic carbocycles. The molecule has 1 N–H and O–H groups in total. The maximum Gasteiger partial charge on any atom is 0.387 e. The van der Waals surface area contributed by atoms with Crippen molar-refractivity contribution in [3.05, 3.63) is 66.2 Å². The van der Waals surface area contributed by atoms with Gasteiger partial charge in [-0.25, -0.2) is 9.67 Å². The van der Waals surface area contributed by atoms with E-state index in [1.165, 1.54) is 29.2 Å². The van der Waals surface area contributed by atoms with Gasteiger partial charge in [0.25, 0.3) is 5.91 Å². The average Bonchev–Trinajstić information content (AvgIpc) is 3.05. The fourth-order valence-corrected chi connectivity index (χ4v) is 2.13. The SMILES string of the molecule is Cc1ccc(-n2cnc(C(=O)Nc3cccc(OC(F)F)c3)n2)cc1. The summed E-state index contributed by atoms with van der Waals surface area (Å²) < 4.78 is 30.2. The Morgan fingerprint density at radius 3 is 2.68 bits per heavy atom. The Balaban J connectivity index is 1.73. The number of carbonyl (C=O) groups is 1. The first kappa shape index (κ1) is 16.6. The van der Waals surface area contributed by atoms with Crippen LogP contribution in [0.25, 0.3) is 5.69 Å². The number of anilines is 1. The van der Waals surface area contributed by atoms with E-state index in [1.54, 1.807) is 6.07 Å². The fourth-order valence-electron chi connectivity index (χ4n) is 2.13. The van der Waals surface area contributed by atoms with E-state index in [9.17, 15) is 13.6 Å². The number of halogens is 2. The van der Waals surface area contributed by atoms with Gasteiger partial charge in [0.15, 0.2) is 0 Å². The van der Waals surface area contributed by atoms with Crippen molar-refractivity contribution in [1.29, 1.82) is 0 Å². The zero-order chi connectivity index (χ0) is 17.8. The molecule has 0 fully saturated rings. The van der Waals surface area contributed by atoms with E-state index in [0.29, 0.717) is 5.69 Å². The van der Waals surface area contributed by atoms with Crippen molar-refractivity contribution in [3.63, 3.8) is 0 Å². The average molecular weight is 344 g/mol. The molecule has 8 heteroatoms.